The predicted octanol–water partition coefficient (Wildman–Crippen LogP) is 1.33. The fourth-order valence-corrected chi connectivity index (χ4v) is 5.38. The first-order valence-electron chi connectivity index (χ1n) is 8.90. The number of nitrogens with zero attached hydrogens (tertiary/aromatic N) is 5. The van der Waals surface area contributed by atoms with Crippen molar-refractivity contribution in [2.24, 2.45) is 7.05 Å². The summed E-state index contributed by atoms with van der Waals surface area (Å²) in [6, 6.07) is 5.41. The molecule has 1 aliphatic heterocycles. The molecule has 1 fully saturated rings. The molecule has 1 aromatic heterocycles. The summed E-state index contributed by atoms with van der Waals surface area (Å²) in [5.41, 5.74) is 2.36. The molecule has 1 aliphatic carbocycles. The van der Waals surface area contributed by atoms with Crippen LogP contribution in [0.1, 0.15) is 17.5 Å². The van der Waals surface area contributed by atoms with Gasteiger partial charge in [-0.05, 0) is 52.4 Å². The number of hydrogen-bond acceptors (Lipinski definition) is 6. The van der Waals surface area contributed by atoms with Gasteiger partial charge >= 0.3 is 5.82 Å². The van der Waals surface area contributed by atoms with Crippen molar-refractivity contribution in [1.82, 2.24) is 13.9 Å². The Labute approximate surface area is 157 Å². The van der Waals surface area contributed by atoms with Crippen LogP contribution in [-0.2, 0) is 29.9 Å². The largest absolute Gasteiger partial charge is 0.406 e. The molecule has 27 heavy (non-hydrogen) atoms. The van der Waals surface area contributed by atoms with E-state index in [0.29, 0.717) is 23.8 Å². The lowest BCUT2D eigenvalue weighted by Crippen LogP contribution is -2.49. The van der Waals surface area contributed by atoms with E-state index in [1.165, 1.54) is 16.2 Å². The van der Waals surface area contributed by atoms with Crippen molar-refractivity contribution in [1.29, 1.82) is 0 Å². The van der Waals surface area contributed by atoms with E-state index >= 15 is 0 Å². The lowest BCUT2D eigenvalue weighted by Gasteiger charge is -2.34. The molecule has 1 aromatic carbocycles. The van der Waals surface area contributed by atoms with Crippen molar-refractivity contribution in [3.63, 3.8) is 0 Å². The summed E-state index contributed by atoms with van der Waals surface area (Å²) in [5.74, 6) is 0.210. The molecule has 10 heteroatoms. The van der Waals surface area contributed by atoms with E-state index in [1.807, 2.05) is 11.0 Å². The molecule has 0 amide bonds. The summed E-state index contributed by atoms with van der Waals surface area (Å²) in [5, 5.41) is 11.2. The van der Waals surface area contributed by atoms with Crippen molar-refractivity contribution in [3.05, 3.63) is 45.8 Å². The molecule has 1 saturated heterocycles. The second-order valence-corrected chi connectivity index (χ2v) is 8.87. The molecule has 9 nitrogen and oxygen atoms in total. The smallest absolute Gasteiger partial charge is 0.358 e. The number of imidazole rings is 1. The zero-order valence-electron chi connectivity index (χ0n) is 15.0. The van der Waals surface area contributed by atoms with E-state index in [0.717, 1.165) is 24.8 Å². The second kappa shape index (κ2) is 6.61. The number of aryl methyl sites for hydroxylation is 3. The van der Waals surface area contributed by atoms with Gasteiger partial charge in [-0.2, -0.15) is 4.31 Å². The van der Waals surface area contributed by atoms with Crippen LogP contribution < -0.4 is 4.90 Å². The highest BCUT2D eigenvalue weighted by atomic mass is 32.2. The third-order valence-corrected chi connectivity index (χ3v) is 7.20. The Morgan fingerprint density at radius 3 is 2.52 bits per heavy atom. The normalized spacial score (nSPS) is 17.9. The van der Waals surface area contributed by atoms with E-state index < -0.39 is 14.9 Å². The summed E-state index contributed by atoms with van der Waals surface area (Å²) >= 11 is 0. The summed E-state index contributed by atoms with van der Waals surface area (Å²) in [7, 11) is -1.86. The monoisotopic (exact) mass is 391 g/mol. The number of piperazine rings is 1. The van der Waals surface area contributed by atoms with Crippen molar-refractivity contribution in [2.75, 3.05) is 31.1 Å². The lowest BCUT2D eigenvalue weighted by atomic mass is 10.1. The van der Waals surface area contributed by atoms with Gasteiger partial charge < -0.3 is 15.0 Å². The summed E-state index contributed by atoms with van der Waals surface area (Å²) in [4.78, 5) is 16.7. The molecule has 2 aromatic rings. The number of nitro groups is 1. The molecule has 0 radical (unpaired) electrons. The van der Waals surface area contributed by atoms with Gasteiger partial charge in [0.2, 0.25) is 22.2 Å². The van der Waals surface area contributed by atoms with Crippen LogP contribution >= 0.6 is 0 Å². The topological polar surface area (TPSA) is 102 Å². The van der Waals surface area contributed by atoms with E-state index in [1.54, 1.807) is 23.7 Å². The van der Waals surface area contributed by atoms with Crippen LogP contribution in [-0.4, -0.2) is 53.4 Å². The Kier molecular flexibility index (Phi) is 4.39. The molecule has 0 bridgehead atoms. The van der Waals surface area contributed by atoms with E-state index in [4.69, 9.17) is 0 Å². The Balaban J connectivity index is 1.52. The quantitative estimate of drug-likeness (QED) is 0.576. The Morgan fingerprint density at radius 2 is 1.81 bits per heavy atom. The predicted molar refractivity (Wildman–Crippen MR) is 99.3 cm³/mol. The van der Waals surface area contributed by atoms with E-state index in [9.17, 15) is 18.5 Å². The van der Waals surface area contributed by atoms with Gasteiger partial charge in [0.15, 0.2) is 0 Å². The van der Waals surface area contributed by atoms with Gasteiger partial charge in [0.25, 0.3) is 0 Å². The second-order valence-electron chi connectivity index (χ2n) is 6.94. The minimum absolute atomic E-state index is 0.201. The number of aromatic nitrogens is 2. The molecule has 0 saturated carbocycles. The molecule has 2 heterocycles. The number of anilines is 1. The number of rotatable bonds is 4. The van der Waals surface area contributed by atoms with Gasteiger partial charge in [-0.3, -0.25) is 4.57 Å². The van der Waals surface area contributed by atoms with Crippen molar-refractivity contribution in [2.45, 2.75) is 24.2 Å². The highest BCUT2D eigenvalue weighted by Gasteiger charge is 2.33. The number of hydrogen-bond donors (Lipinski definition) is 0. The number of benzene rings is 1. The van der Waals surface area contributed by atoms with Gasteiger partial charge in [-0.1, -0.05) is 6.07 Å². The minimum Gasteiger partial charge on any atom is -0.358 e. The van der Waals surface area contributed by atoms with Gasteiger partial charge in [-0.25, -0.2) is 8.42 Å². The Morgan fingerprint density at radius 1 is 1.11 bits per heavy atom. The van der Waals surface area contributed by atoms with Gasteiger partial charge in [0.05, 0.1) is 4.90 Å². The van der Waals surface area contributed by atoms with Crippen LogP contribution in [0.3, 0.4) is 0 Å². The van der Waals surface area contributed by atoms with Crippen LogP contribution in [0.15, 0.2) is 29.4 Å². The van der Waals surface area contributed by atoms with Crippen molar-refractivity contribution < 1.29 is 13.3 Å². The van der Waals surface area contributed by atoms with Crippen LogP contribution in [0.5, 0.6) is 0 Å². The SMILES string of the molecule is Cn1cnc([N+](=O)[O-])c1N1CCN(S(=O)(=O)c2ccc3c(c2)CCC3)CC1. The molecular weight excluding hydrogens is 370 g/mol. The minimum atomic E-state index is -3.56. The molecule has 144 valence electrons. The molecule has 4 rings (SSSR count). The van der Waals surface area contributed by atoms with Gasteiger partial charge in [0.1, 0.15) is 0 Å². The van der Waals surface area contributed by atoms with Crippen LogP contribution in [0.25, 0.3) is 0 Å². The fraction of sp³-hybridized carbons (Fsp3) is 0.471. The zero-order valence-corrected chi connectivity index (χ0v) is 15.9. The van der Waals surface area contributed by atoms with Crippen LogP contribution in [0, 0.1) is 10.1 Å². The fourth-order valence-electron chi connectivity index (χ4n) is 3.90. The Bertz CT molecular complexity index is 993. The molecule has 0 N–H and O–H groups in total. The summed E-state index contributed by atoms with van der Waals surface area (Å²) < 4.78 is 29.1. The van der Waals surface area contributed by atoms with Crippen LogP contribution in [0.2, 0.25) is 0 Å². The molecule has 0 unspecified atom stereocenters. The van der Waals surface area contributed by atoms with Crippen molar-refractivity contribution >= 4 is 21.7 Å². The standard InChI is InChI=1S/C17H21N5O4S/c1-19-12-18-16(22(23)24)17(19)20-7-9-21(10-8-20)27(25,26)15-6-5-13-3-2-4-14(13)11-15/h5-6,11-12H,2-4,7-10H2,1H3. The van der Waals surface area contributed by atoms with E-state index in [-0.39, 0.29) is 18.9 Å². The summed E-state index contributed by atoms with van der Waals surface area (Å²) in [6.07, 6.45) is 4.41. The van der Waals surface area contributed by atoms with Crippen LogP contribution in [0.4, 0.5) is 11.6 Å². The average molecular weight is 391 g/mol. The molecular formula is C17H21N5O4S. The summed E-state index contributed by atoms with van der Waals surface area (Å²) in [6.45, 7) is 1.32. The molecule has 2 aliphatic rings. The van der Waals surface area contributed by atoms with E-state index in [2.05, 4.69) is 4.98 Å². The number of sulfonamides is 1. The van der Waals surface area contributed by atoms with Gasteiger partial charge in [-0.15, -0.1) is 0 Å². The maximum atomic E-state index is 13.0. The van der Waals surface area contributed by atoms with Gasteiger partial charge in [0, 0.05) is 33.2 Å². The average Bonchev–Trinajstić information content (AvgIpc) is 3.27. The first-order chi connectivity index (χ1) is 12.9. The highest BCUT2D eigenvalue weighted by molar-refractivity contribution is 7.89. The Hall–Kier alpha value is -2.46. The third kappa shape index (κ3) is 3.08. The first kappa shape index (κ1) is 17.9. The number of fused-ring (bicyclic) bond motifs is 1. The first-order valence-corrected chi connectivity index (χ1v) is 10.3. The maximum Gasteiger partial charge on any atom is 0.406 e. The van der Waals surface area contributed by atoms with Crippen molar-refractivity contribution in [3.8, 4) is 0 Å². The molecule has 0 spiro atoms. The highest BCUT2D eigenvalue weighted by Crippen LogP contribution is 2.29. The lowest BCUT2D eigenvalue weighted by molar-refractivity contribution is -0.388. The third-order valence-electron chi connectivity index (χ3n) is 5.31. The molecule has 0 atom stereocenters. The maximum absolute atomic E-state index is 13.0. The zero-order chi connectivity index (χ0) is 19.2.